The van der Waals surface area contributed by atoms with Gasteiger partial charge in [0.25, 0.3) is 6.26 Å². The fourth-order valence-corrected chi connectivity index (χ4v) is 7.22. The fraction of sp³-hybridized carbons (Fsp3) is 0.696. The highest BCUT2D eigenvalue weighted by Crippen LogP contribution is 2.61. The molecule has 1 aromatic rings. The van der Waals surface area contributed by atoms with Crippen molar-refractivity contribution in [3.63, 3.8) is 0 Å². The number of nitriles is 1. The van der Waals surface area contributed by atoms with E-state index in [-0.39, 0.29) is 0 Å². The lowest BCUT2D eigenvalue weighted by Gasteiger charge is -2.57. The van der Waals surface area contributed by atoms with Gasteiger partial charge in [0.1, 0.15) is 5.75 Å². The maximum atomic E-state index is 9.07. The molecule has 2 nitrogen and oxygen atoms in total. The molecular weight excluding hydrogens is 306 g/mol. The largest absolute Gasteiger partial charge is 0.388 e. The van der Waals surface area contributed by atoms with Crippen molar-refractivity contribution in [1.82, 2.24) is 0 Å². The van der Waals surface area contributed by atoms with Gasteiger partial charge in [-0.3, -0.25) is 0 Å². The summed E-state index contributed by atoms with van der Waals surface area (Å²) in [5.41, 5.74) is 3.33. The number of hydrogen-bond acceptors (Lipinski definition) is 2. The van der Waals surface area contributed by atoms with Crippen LogP contribution in [0.2, 0.25) is 0 Å². The van der Waals surface area contributed by atoms with Gasteiger partial charge in [0.15, 0.2) is 0 Å². The van der Waals surface area contributed by atoms with Gasteiger partial charge < -0.3 is 4.74 Å². The molecule has 2 heteroatoms. The van der Waals surface area contributed by atoms with Gasteiger partial charge in [0.2, 0.25) is 0 Å². The van der Waals surface area contributed by atoms with E-state index in [2.05, 4.69) is 18.2 Å². The molecule has 0 saturated heterocycles. The standard InChI is InChI=1S/C23H29NO/c24-15-25-22-7-6-20(11-21(22)19-4-2-1-3-5-19)23-12-16-8-17(13-23)10-18(9-16)14-23/h6-7,11,16-19H,1-5,8-10,12-14H2. The highest BCUT2D eigenvalue weighted by Gasteiger charge is 2.51. The lowest BCUT2D eigenvalue weighted by atomic mass is 9.48. The van der Waals surface area contributed by atoms with Crippen LogP contribution in [0.25, 0.3) is 0 Å². The molecular formula is C23H29NO. The first-order chi connectivity index (χ1) is 12.3. The van der Waals surface area contributed by atoms with Crippen molar-refractivity contribution in [2.45, 2.75) is 82.0 Å². The van der Waals surface area contributed by atoms with E-state index >= 15 is 0 Å². The second kappa shape index (κ2) is 6.04. The quantitative estimate of drug-likeness (QED) is 0.629. The predicted octanol–water partition coefficient (Wildman–Crippen LogP) is 6.06. The fourth-order valence-electron chi connectivity index (χ4n) is 7.22. The Morgan fingerprint density at radius 2 is 1.56 bits per heavy atom. The van der Waals surface area contributed by atoms with E-state index in [1.807, 2.05) is 6.26 Å². The SMILES string of the molecule is N#COc1ccc(C23CC4CC(CC(C4)C2)C3)cc1C1CCCCC1. The van der Waals surface area contributed by atoms with E-state index in [0.29, 0.717) is 11.3 Å². The predicted molar refractivity (Wildman–Crippen MR) is 98.4 cm³/mol. The van der Waals surface area contributed by atoms with Crippen LogP contribution in [0, 0.1) is 29.3 Å². The summed E-state index contributed by atoms with van der Waals surface area (Å²) in [5, 5.41) is 9.07. The Morgan fingerprint density at radius 1 is 0.920 bits per heavy atom. The summed E-state index contributed by atoms with van der Waals surface area (Å²) < 4.78 is 5.37. The van der Waals surface area contributed by atoms with Crippen LogP contribution in [0.5, 0.6) is 5.75 Å². The van der Waals surface area contributed by atoms with Gasteiger partial charge in [-0.25, -0.2) is 0 Å². The summed E-state index contributed by atoms with van der Waals surface area (Å²) in [6.07, 6.45) is 17.1. The lowest BCUT2D eigenvalue weighted by molar-refractivity contribution is -0.00524. The van der Waals surface area contributed by atoms with Crippen LogP contribution >= 0.6 is 0 Å². The van der Waals surface area contributed by atoms with Crippen molar-refractivity contribution < 1.29 is 4.74 Å². The van der Waals surface area contributed by atoms with E-state index in [1.54, 1.807) is 5.56 Å². The number of nitrogens with zero attached hydrogens (tertiary/aromatic N) is 1. The molecule has 6 rings (SSSR count). The Balaban J connectivity index is 1.52. The van der Waals surface area contributed by atoms with Crippen LogP contribution < -0.4 is 4.74 Å². The smallest absolute Gasteiger partial charge is 0.292 e. The first kappa shape index (κ1) is 15.7. The first-order valence-corrected chi connectivity index (χ1v) is 10.5. The maximum absolute atomic E-state index is 9.07. The maximum Gasteiger partial charge on any atom is 0.292 e. The van der Waals surface area contributed by atoms with Crippen molar-refractivity contribution in [3.05, 3.63) is 29.3 Å². The summed E-state index contributed by atoms with van der Waals surface area (Å²) in [7, 11) is 0. The molecule has 0 heterocycles. The summed E-state index contributed by atoms with van der Waals surface area (Å²) in [4.78, 5) is 0. The van der Waals surface area contributed by atoms with Gasteiger partial charge in [-0.15, -0.1) is 5.26 Å². The van der Waals surface area contributed by atoms with Gasteiger partial charge in [-0.05, 0) is 97.6 Å². The summed E-state index contributed by atoms with van der Waals surface area (Å²) in [6.45, 7) is 0. The Hall–Kier alpha value is -1.49. The van der Waals surface area contributed by atoms with Gasteiger partial charge >= 0.3 is 0 Å². The summed E-state index contributed by atoms with van der Waals surface area (Å²) in [6, 6.07) is 6.88. The third-order valence-electron chi connectivity index (χ3n) is 7.86. The molecule has 0 aromatic heterocycles. The number of hydrogen-bond donors (Lipinski definition) is 0. The molecule has 132 valence electrons. The molecule has 4 bridgehead atoms. The first-order valence-electron chi connectivity index (χ1n) is 10.5. The van der Waals surface area contributed by atoms with Crippen LogP contribution in [0.3, 0.4) is 0 Å². The monoisotopic (exact) mass is 335 g/mol. The Kier molecular flexibility index (Phi) is 3.81. The number of ether oxygens (including phenoxy) is 1. The molecule has 0 unspecified atom stereocenters. The minimum absolute atomic E-state index is 0.434. The van der Waals surface area contributed by atoms with Gasteiger partial charge in [0.05, 0.1) is 0 Å². The van der Waals surface area contributed by atoms with E-state index in [1.165, 1.54) is 76.2 Å². The van der Waals surface area contributed by atoms with Crippen molar-refractivity contribution >= 4 is 0 Å². The molecule has 5 aliphatic carbocycles. The highest BCUT2D eigenvalue weighted by molar-refractivity contribution is 5.44. The second-order valence-electron chi connectivity index (χ2n) is 9.48. The molecule has 0 atom stereocenters. The molecule has 0 spiro atoms. The zero-order valence-corrected chi connectivity index (χ0v) is 15.2. The summed E-state index contributed by atoms with van der Waals surface area (Å²) >= 11 is 0. The van der Waals surface area contributed by atoms with Crippen LogP contribution in [0.1, 0.15) is 87.7 Å². The minimum Gasteiger partial charge on any atom is -0.388 e. The van der Waals surface area contributed by atoms with Crippen LogP contribution in [0.4, 0.5) is 0 Å². The summed E-state index contributed by atoms with van der Waals surface area (Å²) in [5.74, 6) is 4.33. The lowest BCUT2D eigenvalue weighted by Crippen LogP contribution is -2.48. The highest BCUT2D eigenvalue weighted by atomic mass is 16.5. The zero-order valence-electron chi connectivity index (χ0n) is 15.2. The topological polar surface area (TPSA) is 33.0 Å². The Labute approximate surface area is 151 Å². The molecule has 5 fully saturated rings. The molecule has 0 aliphatic heterocycles. The van der Waals surface area contributed by atoms with Crippen LogP contribution in [-0.4, -0.2) is 0 Å². The average Bonchev–Trinajstić information content (AvgIpc) is 2.62. The minimum atomic E-state index is 0.434. The Morgan fingerprint density at radius 3 is 2.16 bits per heavy atom. The third-order valence-corrected chi connectivity index (χ3v) is 7.86. The Bertz CT molecular complexity index is 659. The van der Waals surface area contributed by atoms with Gasteiger partial charge in [-0.2, -0.15) is 0 Å². The van der Waals surface area contributed by atoms with E-state index in [9.17, 15) is 0 Å². The molecule has 5 saturated carbocycles. The molecule has 25 heavy (non-hydrogen) atoms. The van der Waals surface area contributed by atoms with Crippen molar-refractivity contribution in [3.8, 4) is 12.0 Å². The van der Waals surface area contributed by atoms with E-state index in [0.717, 1.165) is 23.5 Å². The molecule has 5 aliphatic rings. The normalized spacial score (nSPS) is 37.0. The number of rotatable bonds is 3. The molecule has 0 amide bonds. The molecule has 0 radical (unpaired) electrons. The van der Waals surface area contributed by atoms with Crippen molar-refractivity contribution in [2.24, 2.45) is 17.8 Å². The van der Waals surface area contributed by atoms with Crippen molar-refractivity contribution in [1.29, 1.82) is 5.26 Å². The zero-order chi connectivity index (χ0) is 16.9. The van der Waals surface area contributed by atoms with Gasteiger partial charge in [-0.1, -0.05) is 31.4 Å². The number of benzene rings is 1. The second-order valence-corrected chi connectivity index (χ2v) is 9.48. The third kappa shape index (κ3) is 2.67. The van der Waals surface area contributed by atoms with Crippen LogP contribution in [0.15, 0.2) is 18.2 Å². The van der Waals surface area contributed by atoms with Crippen molar-refractivity contribution in [2.75, 3.05) is 0 Å². The average molecular weight is 335 g/mol. The molecule has 0 N–H and O–H groups in total. The van der Waals surface area contributed by atoms with Gasteiger partial charge in [0, 0.05) is 0 Å². The molecule has 1 aromatic carbocycles. The van der Waals surface area contributed by atoms with E-state index in [4.69, 9.17) is 10.00 Å². The van der Waals surface area contributed by atoms with E-state index < -0.39 is 0 Å². The van der Waals surface area contributed by atoms with Crippen LogP contribution in [-0.2, 0) is 5.41 Å².